The molecule has 7 heteroatoms. The summed E-state index contributed by atoms with van der Waals surface area (Å²) >= 11 is 9.60. The molecule has 1 aromatic heterocycles. The summed E-state index contributed by atoms with van der Waals surface area (Å²) in [7, 11) is 0. The first-order valence-electron chi connectivity index (χ1n) is 6.17. The first-order valence-corrected chi connectivity index (χ1v) is 7.34. The van der Waals surface area contributed by atoms with Gasteiger partial charge in [0.1, 0.15) is 0 Å². The molecule has 2 aromatic carbocycles. The normalized spacial score (nSPS) is 10.8. The van der Waals surface area contributed by atoms with Gasteiger partial charge in [0.15, 0.2) is 5.82 Å². The Morgan fingerprint density at radius 1 is 1.24 bits per heavy atom. The van der Waals surface area contributed by atoms with E-state index in [-0.39, 0.29) is 0 Å². The van der Waals surface area contributed by atoms with Crippen LogP contribution in [0.3, 0.4) is 0 Å². The summed E-state index contributed by atoms with van der Waals surface area (Å²) in [4.78, 5) is 0. The van der Waals surface area contributed by atoms with Crippen LogP contribution in [-0.2, 0) is 0 Å². The SMILES string of the molecule is Cc1ccc(-n2nnnc2-c2cccc(Cl)c2N)c(Br)c1. The lowest BCUT2D eigenvalue weighted by atomic mass is 10.1. The van der Waals surface area contributed by atoms with Gasteiger partial charge in [0.25, 0.3) is 0 Å². The first kappa shape index (κ1) is 14.0. The zero-order chi connectivity index (χ0) is 15.0. The zero-order valence-corrected chi connectivity index (χ0v) is 13.4. The maximum absolute atomic E-state index is 6.07. The molecule has 3 rings (SSSR count). The van der Waals surface area contributed by atoms with E-state index in [1.165, 1.54) is 0 Å². The standard InChI is InChI=1S/C14H11BrClN5/c1-8-5-6-12(10(15)7-8)21-14(18-19-20-21)9-3-2-4-11(16)13(9)17/h2-7H,17H2,1H3. The molecule has 0 fully saturated rings. The van der Waals surface area contributed by atoms with E-state index in [1.807, 2.05) is 37.3 Å². The molecule has 106 valence electrons. The van der Waals surface area contributed by atoms with Crippen molar-refractivity contribution in [3.05, 3.63) is 51.5 Å². The first-order chi connectivity index (χ1) is 10.1. The second kappa shape index (κ2) is 5.46. The molecule has 5 nitrogen and oxygen atoms in total. The van der Waals surface area contributed by atoms with Gasteiger partial charge in [-0.2, -0.15) is 4.68 Å². The van der Waals surface area contributed by atoms with Crippen LogP contribution < -0.4 is 5.73 Å². The molecule has 0 unspecified atom stereocenters. The van der Waals surface area contributed by atoms with Crippen molar-refractivity contribution in [1.82, 2.24) is 20.2 Å². The summed E-state index contributed by atoms with van der Waals surface area (Å²) < 4.78 is 2.53. The lowest BCUT2D eigenvalue weighted by molar-refractivity contribution is 0.788. The number of aromatic nitrogens is 4. The molecule has 0 bridgehead atoms. The maximum Gasteiger partial charge on any atom is 0.189 e. The number of nitrogens with zero attached hydrogens (tertiary/aromatic N) is 4. The number of aryl methyl sites for hydroxylation is 1. The molecule has 0 saturated heterocycles. The van der Waals surface area contributed by atoms with Gasteiger partial charge in [-0.3, -0.25) is 0 Å². The fourth-order valence-electron chi connectivity index (χ4n) is 2.03. The molecule has 3 aromatic rings. The summed E-state index contributed by atoms with van der Waals surface area (Å²) in [5, 5.41) is 12.4. The number of para-hydroxylation sites is 1. The number of anilines is 1. The van der Waals surface area contributed by atoms with Gasteiger partial charge < -0.3 is 5.73 Å². The van der Waals surface area contributed by atoms with Gasteiger partial charge in [-0.15, -0.1) is 5.10 Å². The van der Waals surface area contributed by atoms with E-state index >= 15 is 0 Å². The highest BCUT2D eigenvalue weighted by Gasteiger charge is 2.16. The number of nitrogens with two attached hydrogens (primary N) is 1. The molecule has 2 N–H and O–H groups in total. The third kappa shape index (κ3) is 2.52. The van der Waals surface area contributed by atoms with Gasteiger partial charge in [0, 0.05) is 10.0 Å². The van der Waals surface area contributed by atoms with Crippen LogP contribution in [0.2, 0.25) is 5.02 Å². The minimum atomic E-state index is 0.457. The van der Waals surface area contributed by atoms with Gasteiger partial charge >= 0.3 is 0 Å². The van der Waals surface area contributed by atoms with E-state index < -0.39 is 0 Å². The van der Waals surface area contributed by atoms with E-state index in [1.54, 1.807) is 10.7 Å². The van der Waals surface area contributed by atoms with E-state index in [2.05, 4.69) is 31.5 Å². The Balaban J connectivity index is 2.20. The van der Waals surface area contributed by atoms with E-state index in [4.69, 9.17) is 17.3 Å². The zero-order valence-electron chi connectivity index (χ0n) is 11.1. The molecule has 21 heavy (non-hydrogen) atoms. The third-order valence-electron chi connectivity index (χ3n) is 3.09. The Hall–Kier alpha value is -1.92. The van der Waals surface area contributed by atoms with Crippen molar-refractivity contribution in [2.24, 2.45) is 0 Å². The average Bonchev–Trinajstić information content (AvgIpc) is 2.91. The van der Waals surface area contributed by atoms with Crippen LogP contribution in [0.15, 0.2) is 40.9 Å². The van der Waals surface area contributed by atoms with Crippen LogP contribution in [0.5, 0.6) is 0 Å². The monoisotopic (exact) mass is 363 g/mol. The lowest BCUT2D eigenvalue weighted by Crippen LogP contribution is -2.03. The van der Waals surface area contributed by atoms with Crippen molar-refractivity contribution in [3.8, 4) is 17.1 Å². The smallest absolute Gasteiger partial charge is 0.189 e. The predicted octanol–water partition coefficient (Wildman–Crippen LogP) is 3.64. The quantitative estimate of drug-likeness (QED) is 0.705. The second-order valence-electron chi connectivity index (χ2n) is 4.57. The number of hydrogen-bond acceptors (Lipinski definition) is 4. The summed E-state index contributed by atoms with van der Waals surface area (Å²) in [5.41, 5.74) is 9.16. The van der Waals surface area contributed by atoms with Gasteiger partial charge in [-0.05, 0) is 63.1 Å². The van der Waals surface area contributed by atoms with Gasteiger partial charge in [-0.1, -0.05) is 23.7 Å². The summed E-state index contributed by atoms with van der Waals surface area (Å²) in [6.07, 6.45) is 0. The van der Waals surface area contributed by atoms with Crippen LogP contribution >= 0.6 is 27.5 Å². The molecule has 0 radical (unpaired) electrons. The minimum Gasteiger partial charge on any atom is -0.397 e. The van der Waals surface area contributed by atoms with Crippen LogP contribution in [0, 0.1) is 6.92 Å². The summed E-state index contributed by atoms with van der Waals surface area (Å²) in [6.45, 7) is 2.02. The Labute approximate surface area is 134 Å². The minimum absolute atomic E-state index is 0.457. The second-order valence-corrected chi connectivity index (χ2v) is 5.83. The van der Waals surface area contributed by atoms with E-state index in [9.17, 15) is 0 Å². The number of hydrogen-bond donors (Lipinski definition) is 1. The Bertz CT molecular complexity index is 815. The summed E-state index contributed by atoms with van der Waals surface area (Å²) in [6, 6.07) is 11.3. The maximum atomic E-state index is 6.07. The molecule has 0 aliphatic heterocycles. The van der Waals surface area contributed by atoms with Crippen LogP contribution in [-0.4, -0.2) is 20.2 Å². The number of benzene rings is 2. The largest absolute Gasteiger partial charge is 0.397 e. The molecule has 0 amide bonds. The highest BCUT2D eigenvalue weighted by molar-refractivity contribution is 9.10. The molecule has 0 aliphatic carbocycles. The van der Waals surface area contributed by atoms with Crippen molar-refractivity contribution in [1.29, 1.82) is 0 Å². The Kier molecular flexibility index (Phi) is 3.65. The molecule has 0 atom stereocenters. The fourth-order valence-corrected chi connectivity index (χ4v) is 2.87. The Morgan fingerprint density at radius 2 is 2.05 bits per heavy atom. The summed E-state index contributed by atoms with van der Waals surface area (Å²) in [5.74, 6) is 0.541. The van der Waals surface area contributed by atoms with Gasteiger partial charge in [-0.25, -0.2) is 0 Å². The van der Waals surface area contributed by atoms with Crippen LogP contribution in [0.4, 0.5) is 5.69 Å². The fraction of sp³-hybridized carbons (Fsp3) is 0.0714. The molecular weight excluding hydrogens is 354 g/mol. The van der Waals surface area contributed by atoms with Gasteiger partial charge in [0.05, 0.1) is 16.4 Å². The van der Waals surface area contributed by atoms with Crippen molar-refractivity contribution in [2.75, 3.05) is 5.73 Å². The van der Waals surface area contributed by atoms with Crippen molar-refractivity contribution in [2.45, 2.75) is 6.92 Å². The molecule has 1 heterocycles. The van der Waals surface area contributed by atoms with Crippen LogP contribution in [0.25, 0.3) is 17.1 Å². The molecule has 0 aliphatic rings. The van der Waals surface area contributed by atoms with Crippen molar-refractivity contribution < 1.29 is 0 Å². The Morgan fingerprint density at radius 3 is 2.81 bits per heavy atom. The van der Waals surface area contributed by atoms with Crippen molar-refractivity contribution in [3.63, 3.8) is 0 Å². The van der Waals surface area contributed by atoms with Crippen LogP contribution in [0.1, 0.15) is 5.56 Å². The number of halogens is 2. The number of tetrazole rings is 1. The number of rotatable bonds is 2. The van der Waals surface area contributed by atoms with Gasteiger partial charge in [0.2, 0.25) is 0 Å². The highest BCUT2D eigenvalue weighted by atomic mass is 79.9. The van der Waals surface area contributed by atoms with Crippen molar-refractivity contribution >= 4 is 33.2 Å². The molecular formula is C14H11BrClN5. The third-order valence-corrected chi connectivity index (χ3v) is 4.06. The highest BCUT2D eigenvalue weighted by Crippen LogP contribution is 2.32. The van der Waals surface area contributed by atoms with E-state index in [0.29, 0.717) is 22.1 Å². The topological polar surface area (TPSA) is 69.6 Å². The predicted molar refractivity (Wildman–Crippen MR) is 86.4 cm³/mol. The molecule has 0 spiro atoms. The molecule has 0 saturated carbocycles. The number of nitrogen functional groups attached to an aromatic ring is 1. The average molecular weight is 365 g/mol. The van der Waals surface area contributed by atoms with E-state index in [0.717, 1.165) is 15.7 Å². The lowest BCUT2D eigenvalue weighted by Gasteiger charge is -2.09.